The van der Waals surface area contributed by atoms with E-state index in [1.807, 2.05) is 49.3 Å². The van der Waals surface area contributed by atoms with Gasteiger partial charge in [-0.05, 0) is 68.8 Å². The highest BCUT2D eigenvalue weighted by Crippen LogP contribution is 2.55. The van der Waals surface area contributed by atoms with E-state index in [0.717, 1.165) is 35.9 Å². The maximum Gasteiger partial charge on any atom is 0.417 e. The second kappa shape index (κ2) is 13.0. The van der Waals surface area contributed by atoms with Crippen LogP contribution in [0.4, 0.5) is 26.3 Å². The number of ketones is 1. The van der Waals surface area contributed by atoms with Crippen LogP contribution in [0.2, 0.25) is 5.02 Å². The number of nitrogens with zero attached hydrogens (tertiary/aromatic N) is 2. The minimum absolute atomic E-state index is 0.0714. The lowest BCUT2D eigenvalue weighted by Gasteiger charge is -2.57. The van der Waals surface area contributed by atoms with E-state index >= 15 is 0 Å². The molecule has 252 valence electrons. The molecule has 4 nitrogen and oxygen atoms in total. The monoisotopic (exact) mass is 686 g/mol. The molecule has 0 heterocycles. The molecule has 0 bridgehead atoms. The van der Waals surface area contributed by atoms with Crippen LogP contribution in [0.15, 0.2) is 103 Å². The highest BCUT2D eigenvalue weighted by atomic mass is 35.5. The van der Waals surface area contributed by atoms with Crippen LogP contribution in [0, 0.1) is 5.92 Å². The molecule has 5 rings (SSSR count). The van der Waals surface area contributed by atoms with Gasteiger partial charge in [-0.15, -0.1) is 0 Å². The first-order valence-corrected chi connectivity index (χ1v) is 15.6. The van der Waals surface area contributed by atoms with Crippen LogP contribution >= 0.6 is 11.6 Å². The number of alkyl halides is 6. The van der Waals surface area contributed by atoms with Crippen molar-refractivity contribution < 1.29 is 35.9 Å². The summed E-state index contributed by atoms with van der Waals surface area (Å²) in [5, 5.41) is -0.784. The Morgan fingerprint density at radius 1 is 0.729 bits per heavy atom. The average molecular weight is 687 g/mol. The Kier molecular flexibility index (Phi) is 9.56. The summed E-state index contributed by atoms with van der Waals surface area (Å²) in [6, 6.07) is 25.2. The van der Waals surface area contributed by atoms with Crippen molar-refractivity contribution in [3.05, 3.63) is 142 Å². The van der Waals surface area contributed by atoms with Crippen molar-refractivity contribution in [2.45, 2.75) is 42.7 Å². The fourth-order valence-electron chi connectivity index (χ4n) is 7.16. The second-order valence-electron chi connectivity index (χ2n) is 12.3. The van der Waals surface area contributed by atoms with Gasteiger partial charge in [0.05, 0.1) is 33.2 Å². The van der Waals surface area contributed by atoms with E-state index in [9.17, 15) is 35.9 Å². The third-order valence-electron chi connectivity index (χ3n) is 9.71. The van der Waals surface area contributed by atoms with Crippen molar-refractivity contribution in [1.82, 2.24) is 9.80 Å². The number of Topliss-reactive ketones (excluding diaryl/α,β-unsaturated/α-hetero) is 1. The normalized spacial score (nSPS) is 21.6. The van der Waals surface area contributed by atoms with Crippen LogP contribution in [0.25, 0.3) is 0 Å². The molecule has 1 saturated carbocycles. The molecule has 4 aromatic carbocycles. The molecule has 1 fully saturated rings. The number of benzene rings is 4. The number of hydrogen-bond acceptors (Lipinski definition) is 3. The predicted octanol–water partition coefficient (Wildman–Crippen LogP) is 9.49. The number of halogens is 7. The molecule has 4 aromatic rings. The Morgan fingerprint density at radius 2 is 1.31 bits per heavy atom. The Labute approximate surface area is 279 Å². The smallest absolute Gasteiger partial charge is 0.331 e. The Hall–Kier alpha value is -4.15. The van der Waals surface area contributed by atoms with Crippen molar-refractivity contribution in [3.8, 4) is 0 Å². The summed E-state index contributed by atoms with van der Waals surface area (Å²) in [5.41, 5.74) is -3.72. The first-order valence-electron chi connectivity index (χ1n) is 15.2. The first kappa shape index (κ1) is 35.2. The number of amides is 1. The molecule has 1 amide bonds. The van der Waals surface area contributed by atoms with Gasteiger partial charge in [0.1, 0.15) is 0 Å². The molecule has 0 aliphatic heterocycles. The predicted molar refractivity (Wildman–Crippen MR) is 172 cm³/mol. The Balaban J connectivity index is 1.76. The molecule has 48 heavy (non-hydrogen) atoms. The van der Waals surface area contributed by atoms with Gasteiger partial charge in [0.2, 0.25) is 0 Å². The molecule has 0 spiro atoms. The van der Waals surface area contributed by atoms with E-state index in [2.05, 4.69) is 0 Å². The second-order valence-corrected chi connectivity index (χ2v) is 12.7. The Bertz CT molecular complexity index is 1800. The fourth-order valence-corrected chi connectivity index (χ4v) is 7.47. The van der Waals surface area contributed by atoms with Crippen molar-refractivity contribution >= 4 is 23.3 Å². The van der Waals surface area contributed by atoms with Gasteiger partial charge < -0.3 is 4.90 Å². The average Bonchev–Trinajstić information content (AvgIpc) is 3.07. The van der Waals surface area contributed by atoms with Crippen LogP contribution in [-0.4, -0.2) is 42.6 Å². The lowest BCUT2D eigenvalue weighted by Crippen LogP contribution is -2.61. The molecule has 0 radical (unpaired) electrons. The lowest BCUT2D eigenvalue weighted by molar-refractivity contribution is -0.138. The van der Waals surface area contributed by atoms with E-state index in [1.165, 1.54) is 24.1 Å². The van der Waals surface area contributed by atoms with Crippen molar-refractivity contribution in [2.24, 2.45) is 5.92 Å². The molecule has 3 unspecified atom stereocenters. The number of hydrogen-bond donors (Lipinski definition) is 0. The molecule has 1 aliphatic rings. The summed E-state index contributed by atoms with van der Waals surface area (Å²) >= 11 is 6.24. The molecule has 1 aliphatic carbocycles. The zero-order chi connectivity index (χ0) is 35.1. The van der Waals surface area contributed by atoms with E-state index in [-0.39, 0.29) is 18.4 Å². The third kappa shape index (κ3) is 6.23. The van der Waals surface area contributed by atoms with Gasteiger partial charge >= 0.3 is 12.4 Å². The summed E-state index contributed by atoms with van der Waals surface area (Å²) in [7, 11) is 5.11. The zero-order valence-electron chi connectivity index (χ0n) is 26.4. The van der Waals surface area contributed by atoms with E-state index in [4.69, 9.17) is 11.6 Å². The SMILES string of the molecule is CN(C)C1(c2ccccc2)CCC(c2ccccc2)(N(C)C(=O)c2cccc(C(F)(F)F)c2Cl)C(C(=O)c2cccc(C(F)(F)F)c2)C1. The van der Waals surface area contributed by atoms with Crippen molar-refractivity contribution in [2.75, 3.05) is 21.1 Å². The largest absolute Gasteiger partial charge is 0.417 e. The zero-order valence-corrected chi connectivity index (χ0v) is 27.1. The minimum atomic E-state index is -4.84. The van der Waals surface area contributed by atoms with Crippen molar-refractivity contribution in [3.63, 3.8) is 0 Å². The topological polar surface area (TPSA) is 40.6 Å². The van der Waals surface area contributed by atoms with Gasteiger partial charge in [-0.1, -0.05) is 90.5 Å². The number of rotatable bonds is 7. The van der Waals surface area contributed by atoms with Crippen LogP contribution in [0.1, 0.15) is 62.2 Å². The van der Waals surface area contributed by atoms with Crippen LogP contribution in [0.5, 0.6) is 0 Å². The van der Waals surface area contributed by atoms with E-state index < -0.39 is 62.8 Å². The quantitative estimate of drug-likeness (QED) is 0.144. The highest BCUT2D eigenvalue weighted by Gasteiger charge is 2.57. The van der Waals surface area contributed by atoms with Gasteiger partial charge in [0.25, 0.3) is 5.91 Å². The number of carbonyl (C=O) groups is 2. The molecule has 0 N–H and O–H groups in total. The summed E-state index contributed by atoms with van der Waals surface area (Å²) in [6.45, 7) is 0. The maximum atomic E-state index is 14.8. The minimum Gasteiger partial charge on any atom is -0.331 e. The summed E-state index contributed by atoms with van der Waals surface area (Å²) in [6.07, 6.45) is -8.96. The molecule has 11 heteroatoms. The molecule has 0 saturated heterocycles. The summed E-state index contributed by atoms with van der Waals surface area (Å²) in [5.74, 6) is -2.66. The Morgan fingerprint density at radius 3 is 1.88 bits per heavy atom. The van der Waals surface area contributed by atoms with E-state index in [1.54, 1.807) is 30.3 Å². The third-order valence-corrected chi connectivity index (χ3v) is 10.1. The van der Waals surface area contributed by atoms with E-state index in [0.29, 0.717) is 12.0 Å². The van der Waals surface area contributed by atoms with Crippen molar-refractivity contribution in [1.29, 1.82) is 0 Å². The molecule has 3 atom stereocenters. The van der Waals surface area contributed by atoms with Gasteiger partial charge in [-0.3, -0.25) is 14.5 Å². The van der Waals surface area contributed by atoms with Gasteiger partial charge in [-0.25, -0.2) is 0 Å². The standard InChI is InChI=1S/C37H33ClF6N2O2/c1-45(2)34(25-13-6-4-7-14-25)20-21-35(26-15-8-5-9-16-26,30(23-34)32(47)24-12-10-17-27(22-24)36(39,40)41)46(3)33(48)28-18-11-19-29(31(28)38)37(42,43)44/h4-19,22,30H,20-21,23H2,1-3H3. The van der Waals surface area contributed by atoms with Gasteiger partial charge in [0, 0.05) is 18.2 Å². The summed E-state index contributed by atoms with van der Waals surface area (Å²) < 4.78 is 83.1. The lowest BCUT2D eigenvalue weighted by atomic mass is 9.58. The molecular formula is C37H33ClF6N2O2. The first-order chi connectivity index (χ1) is 22.5. The maximum absolute atomic E-state index is 14.8. The number of carbonyl (C=O) groups excluding carboxylic acids is 2. The van der Waals surface area contributed by atoms with Crippen LogP contribution < -0.4 is 0 Å². The highest BCUT2D eigenvalue weighted by molar-refractivity contribution is 6.34. The van der Waals surface area contributed by atoms with Gasteiger partial charge in [-0.2, -0.15) is 26.3 Å². The molecule has 0 aromatic heterocycles. The molecular weight excluding hydrogens is 654 g/mol. The van der Waals surface area contributed by atoms with Crippen LogP contribution in [-0.2, 0) is 23.4 Å². The summed E-state index contributed by atoms with van der Waals surface area (Å²) in [4.78, 5) is 32.4. The van der Waals surface area contributed by atoms with Crippen LogP contribution in [0.3, 0.4) is 0 Å². The fraction of sp³-hybridized carbons (Fsp3) is 0.297. The van der Waals surface area contributed by atoms with Gasteiger partial charge in [0.15, 0.2) is 5.78 Å².